The lowest BCUT2D eigenvalue weighted by molar-refractivity contribution is 0.101. The smallest absolute Gasteiger partial charge is 0.278 e. The molecule has 1 fully saturated rings. The summed E-state index contributed by atoms with van der Waals surface area (Å²) in [6.07, 6.45) is 3.18. The fourth-order valence-corrected chi connectivity index (χ4v) is 3.75. The van der Waals surface area contributed by atoms with Gasteiger partial charge in [-0.05, 0) is 65.2 Å². The predicted octanol–water partition coefficient (Wildman–Crippen LogP) is 4.54. The summed E-state index contributed by atoms with van der Waals surface area (Å²) in [5.74, 6) is 0.846. The Morgan fingerprint density at radius 3 is 2.73 bits per heavy atom. The lowest BCUT2D eigenvalue weighted by atomic mass is 10.1. The van der Waals surface area contributed by atoms with Gasteiger partial charge < -0.3 is 9.30 Å². The first-order chi connectivity index (χ1) is 14.4. The van der Waals surface area contributed by atoms with Crippen molar-refractivity contribution in [3.05, 3.63) is 41.7 Å². The van der Waals surface area contributed by atoms with E-state index in [0.717, 1.165) is 29.7 Å². The Morgan fingerprint density at radius 1 is 1.27 bits per heavy atom. The molecule has 0 spiro atoms. The van der Waals surface area contributed by atoms with Gasteiger partial charge in [0.05, 0.1) is 16.6 Å². The summed E-state index contributed by atoms with van der Waals surface area (Å²) in [6.45, 7) is 10.4. The summed E-state index contributed by atoms with van der Waals surface area (Å²) < 4.78 is 9.53. The Hall–Kier alpha value is -2.67. The van der Waals surface area contributed by atoms with Crippen LogP contribution in [0.5, 0.6) is 0 Å². The van der Waals surface area contributed by atoms with Crippen LogP contribution in [0.1, 0.15) is 69.1 Å². The highest BCUT2D eigenvalue weighted by atomic mass is 16.5. The van der Waals surface area contributed by atoms with Crippen molar-refractivity contribution in [3.8, 4) is 0 Å². The summed E-state index contributed by atoms with van der Waals surface area (Å²) >= 11 is 0. The van der Waals surface area contributed by atoms with E-state index in [4.69, 9.17) is 4.74 Å². The van der Waals surface area contributed by atoms with Gasteiger partial charge in [0.15, 0.2) is 5.69 Å². The number of fused-ring (bicyclic) bond motifs is 1. The summed E-state index contributed by atoms with van der Waals surface area (Å²) in [7, 11) is 0. The number of benzene rings is 1. The molecule has 0 atom stereocenters. The maximum atomic E-state index is 13.1. The molecule has 0 unspecified atom stereocenters. The van der Waals surface area contributed by atoms with Crippen molar-refractivity contribution in [1.29, 1.82) is 0 Å². The second-order valence-electron chi connectivity index (χ2n) is 8.89. The molecule has 4 rings (SSSR count). The van der Waals surface area contributed by atoms with Gasteiger partial charge in [0, 0.05) is 31.4 Å². The number of hydrogen-bond acceptors (Lipinski definition) is 4. The number of rotatable bonds is 8. The topological polar surface area (TPSA) is 74.0 Å². The number of aryl methyl sites for hydroxylation is 1. The fourth-order valence-electron chi connectivity index (χ4n) is 3.75. The van der Waals surface area contributed by atoms with Crippen LogP contribution >= 0.6 is 0 Å². The highest BCUT2D eigenvalue weighted by Crippen LogP contribution is 2.41. The van der Waals surface area contributed by atoms with E-state index in [-0.39, 0.29) is 11.4 Å². The molecule has 2 aromatic heterocycles. The third-order valence-corrected chi connectivity index (χ3v) is 5.35. The van der Waals surface area contributed by atoms with E-state index in [1.54, 1.807) is 0 Å². The molecule has 7 nitrogen and oxygen atoms in total. The molecule has 0 aliphatic heterocycles. The molecule has 2 heterocycles. The Balaban J connectivity index is 1.60. The van der Waals surface area contributed by atoms with Gasteiger partial charge in [-0.15, -0.1) is 0 Å². The van der Waals surface area contributed by atoms with E-state index in [1.165, 1.54) is 12.8 Å². The molecular weight excluding hydrogens is 378 g/mol. The first kappa shape index (κ1) is 20.6. The van der Waals surface area contributed by atoms with E-state index in [2.05, 4.69) is 40.7 Å². The Kier molecular flexibility index (Phi) is 5.64. The van der Waals surface area contributed by atoms with Crippen LogP contribution in [0, 0.1) is 0 Å². The number of ether oxygens (including phenoxy) is 1. The maximum absolute atomic E-state index is 13.1. The Bertz CT molecular complexity index is 1040. The van der Waals surface area contributed by atoms with Crippen molar-refractivity contribution in [2.75, 3.05) is 18.5 Å². The van der Waals surface area contributed by atoms with Gasteiger partial charge in [0.1, 0.15) is 0 Å². The molecule has 30 heavy (non-hydrogen) atoms. The summed E-state index contributed by atoms with van der Waals surface area (Å²) in [5.41, 5.74) is 3.30. The minimum absolute atomic E-state index is 0.164. The zero-order valence-electron chi connectivity index (χ0n) is 18.3. The van der Waals surface area contributed by atoms with E-state index in [9.17, 15) is 4.79 Å². The molecule has 1 aliphatic rings. The number of aromatic nitrogens is 4. The monoisotopic (exact) mass is 409 g/mol. The minimum Gasteiger partial charge on any atom is -0.382 e. The van der Waals surface area contributed by atoms with Gasteiger partial charge in [-0.3, -0.25) is 14.8 Å². The van der Waals surface area contributed by atoms with Crippen molar-refractivity contribution in [2.45, 2.75) is 65.0 Å². The van der Waals surface area contributed by atoms with Gasteiger partial charge in [-0.1, -0.05) is 12.1 Å². The second-order valence-corrected chi connectivity index (χ2v) is 8.89. The zero-order valence-corrected chi connectivity index (χ0v) is 18.3. The molecule has 1 amide bonds. The number of nitrogens with one attached hydrogen (secondary N) is 1. The van der Waals surface area contributed by atoms with E-state index >= 15 is 0 Å². The number of nitrogens with zero attached hydrogens (tertiary/aromatic N) is 4. The lowest BCUT2D eigenvalue weighted by Gasteiger charge is -2.22. The number of para-hydroxylation sites is 2. The Labute approximate surface area is 177 Å². The zero-order chi connectivity index (χ0) is 21.3. The van der Waals surface area contributed by atoms with Crippen LogP contribution < -0.4 is 5.32 Å². The van der Waals surface area contributed by atoms with Gasteiger partial charge in [0.25, 0.3) is 5.91 Å². The van der Waals surface area contributed by atoms with Gasteiger partial charge in [-0.2, -0.15) is 5.10 Å². The highest BCUT2D eigenvalue weighted by molar-refractivity contribution is 6.02. The molecule has 0 radical (unpaired) electrons. The Morgan fingerprint density at radius 2 is 2.03 bits per heavy atom. The molecule has 1 aliphatic carbocycles. The molecule has 160 valence electrons. The van der Waals surface area contributed by atoms with Gasteiger partial charge >= 0.3 is 0 Å². The number of anilines is 1. The molecule has 1 saturated carbocycles. The number of carbonyl (C=O) groups excluding carboxylic acids is 1. The molecule has 1 N–H and O–H groups in total. The van der Waals surface area contributed by atoms with Crippen LogP contribution in [0.3, 0.4) is 0 Å². The van der Waals surface area contributed by atoms with E-state index in [1.807, 2.05) is 41.9 Å². The maximum Gasteiger partial charge on any atom is 0.278 e. The average molecular weight is 410 g/mol. The average Bonchev–Trinajstić information content (AvgIpc) is 3.34. The summed E-state index contributed by atoms with van der Waals surface area (Å²) in [6, 6.07) is 9.88. The standard InChI is InChI=1S/C23H31N5O2/c1-5-30-14-8-13-27-19-10-7-6-9-17(19)24-22(27)25-21(29)18-15-20(16-11-12-16)28(26-18)23(2,3)4/h6-7,9-10,15-16H,5,8,11-14H2,1-4H3,(H,24,25,29). The minimum atomic E-state index is -0.221. The summed E-state index contributed by atoms with van der Waals surface area (Å²) in [4.78, 5) is 17.7. The quantitative estimate of drug-likeness (QED) is 0.554. The van der Waals surface area contributed by atoms with E-state index in [0.29, 0.717) is 30.8 Å². The molecule has 3 aromatic rings. The van der Waals surface area contributed by atoms with Crippen LogP contribution in [0.4, 0.5) is 5.95 Å². The third-order valence-electron chi connectivity index (χ3n) is 5.35. The van der Waals surface area contributed by atoms with Gasteiger partial charge in [-0.25, -0.2) is 4.98 Å². The lowest BCUT2D eigenvalue weighted by Crippen LogP contribution is -2.26. The van der Waals surface area contributed by atoms with Crippen molar-refractivity contribution < 1.29 is 9.53 Å². The van der Waals surface area contributed by atoms with Crippen LogP contribution in [-0.2, 0) is 16.8 Å². The van der Waals surface area contributed by atoms with Crippen LogP contribution in [0.15, 0.2) is 30.3 Å². The first-order valence-electron chi connectivity index (χ1n) is 10.8. The van der Waals surface area contributed by atoms with Gasteiger partial charge in [0.2, 0.25) is 5.95 Å². The highest BCUT2D eigenvalue weighted by Gasteiger charge is 2.32. The largest absolute Gasteiger partial charge is 0.382 e. The fraction of sp³-hybridized carbons (Fsp3) is 0.522. The second kappa shape index (κ2) is 8.22. The SMILES string of the molecule is CCOCCCn1c(NC(=O)c2cc(C3CC3)n(C(C)(C)C)n2)nc2ccccc21. The van der Waals surface area contributed by atoms with Crippen molar-refractivity contribution >= 4 is 22.9 Å². The number of carbonyl (C=O) groups is 1. The van der Waals surface area contributed by atoms with E-state index < -0.39 is 0 Å². The third kappa shape index (κ3) is 4.26. The van der Waals surface area contributed by atoms with Crippen LogP contribution in [0.25, 0.3) is 11.0 Å². The molecule has 1 aromatic carbocycles. The molecule has 7 heteroatoms. The summed E-state index contributed by atoms with van der Waals surface area (Å²) in [5, 5.41) is 7.66. The first-order valence-corrected chi connectivity index (χ1v) is 10.8. The van der Waals surface area contributed by atoms with Crippen LogP contribution in [0.2, 0.25) is 0 Å². The van der Waals surface area contributed by atoms with Crippen LogP contribution in [-0.4, -0.2) is 38.5 Å². The predicted molar refractivity (Wildman–Crippen MR) is 118 cm³/mol. The van der Waals surface area contributed by atoms with Crippen molar-refractivity contribution in [2.24, 2.45) is 0 Å². The van der Waals surface area contributed by atoms with Crippen molar-refractivity contribution in [3.63, 3.8) is 0 Å². The molecule has 0 bridgehead atoms. The molecular formula is C23H31N5O2. The normalized spacial score (nSPS) is 14.4. The number of hydrogen-bond donors (Lipinski definition) is 1. The van der Waals surface area contributed by atoms with Crippen molar-refractivity contribution in [1.82, 2.24) is 19.3 Å². The number of amides is 1. The molecule has 0 saturated heterocycles. The number of imidazole rings is 1.